The smallest absolute Gasteiger partial charge is 0.0862 e. The minimum Gasteiger partial charge on any atom is -0.324 e. The fourth-order valence-electron chi connectivity index (χ4n) is 1.98. The monoisotopic (exact) mass is 225 g/mol. The Morgan fingerprint density at radius 1 is 1.60 bits per heavy atom. The van der Waals surface area contributed by atoms with E-state index in [1.165, 1.54) is 5.57 Å². The molecule has 1 atom stereocenters. The summed E-state index contributed by atoms with van der Waals surface area (Å²) in [5.41, 5.74) is 8.13. The largest absolute Gasteiger partial charge is 0.324 e. The van der Waals surface area contributed by atoms with Crippen molar-refractivity contribution in [3.8, 4) is 0 Å². The van der Waals surface area contributed by atoms with Crippen LogP contribution in [0.2, 0.25) is 5.02 Å². The van der Waals surface area contributed by atoms with Crippen molar-refractivity contribution in [2.24, 2.45) is 5.73 Å². The lowest BCUT2D eigenvalue weighted by atomic mass is 10.1. The third-order valence-electron chi connectivity index (χ3n) is 2.71. The van der Waals surface area contributed by atoms with Crippen LogP contribution in [0.1, 0.15) is 38.4 Å². The average molecular weight is 226 g/mol. The minimum atomic E-state index is 0.173. The molecule has 0 saturated carbocycles. The van der Waals surface area contributed by atoms with Gasteiger partial charge < -0.3 is 5.73 Å². The third-order valence-corrected chi connectivity index (χ3v) is 2.98. The summed E-state index contributed by atoms with van der Waals surface area (Å²) < 4.78 is 1.96. The lowest BCUT2D eigenvalue weighted by Crippen LogP contribution is -2.12. The lowest BCUT2D eigenvalue weighted by Gasteiger charge is -2.11. The molecule has 0 amide bonds. The Balaban J connectivity index is 2.42. The third kappa shape index (κ3) is 1.94. The first kappa shape index (κ1) is 10.7. The van der Waals surface area contributed by atoms with Crippen LogP contribution in [-0.4, -0.2) is 15.8 Å². The maximum atomic E-state index is 6.15. The Hall–Kier alpha value is -0.800. The van der Waals surface area contributed by atoms with Gasteiger partial charge in [-0.1, -0.05) is 17.7 Å². The molecule has 1 aromatic rings. The Bertz CT molecular complexity index is 393. The molecule has 4 heteroatoms. The molecule has 0 aromatic carbocycles. The predicted molar refractivity (Wildman–Crippen MR) is 62.8 cm³/mol. The molecular formula is C11H16ClN3. The highest BCUT2D eigenvalue weighted by atomic mass is 35.5. The summed E-state index contributed by atoms with van der Waals surface area (Å²) in [6, 6.07) is 0.497. The van der Waals surface area contributed by atoms with Crippen molar-refractivity contribution < 1.29 is 0 Å². The first-order chi connectivity index (χ1) is 7.09. The van der Waals surface area contributed by atoms with Crippen LogP contribution < -0.4 is 5.73 Å². The van der Waals surface area contributed by atoms with Gasteiger partial charge in [-0.2, -0.15) is 5.10 Å². The van der Waals surface area contributed by atoms with Crippen LogP contribution in [0.25, 0.3) is 5.57 Å². The van der Waals surface area contributed by atoms with Crippen LogP contribution in [0.4, 0.5) is 0 Å². The molecule has 0 aliphatic heterocycles. The van der Waals surface area contributed by atoms with E-state index in [4.69, 9.17) is 17.3 Å². The molecule has 1 aliphatic carbocycles. The second-order valence-corrected chi connectivity index (χ2v) is 4.68. The summed E-state index contributed by atoms with van der Waals surface area (Å²) in [6.45, 7) is 4.20. The van der Waals surface area contributed by atoms with Crippen LogP contribution in [0.3, 0.4) is 0 Å². The molecule has 15 heavy (non-hydrogen) atoms. The van der Waals surface area contributed by atoms with Crippen molar-refractivity contribution in [1.29, 1.82) is 0 Å². The molecule has 0 fully saturated rings. The van der Waals surface area contributed by atoms with Crippen molar-refractivity contribution in [2.45, 2.75) is 38.8 Å². The Morgan fingerprint density at radius 3 is 2.87 bits per heavy atom. The van der Waals surface area contributed by atoms with Crippen molar-refractivity contribution in [3.63, 3.8) is 0 Å². The van der Waals surface area contributed by atoms with Crippen LogP contribution >= 0.6 is 11.6 Å². The van der Waals surface area contributed by atoms with Gasteiger partial charge in [-0.05, 0) is 32.3 Å². The van der Waals surface area contributed by atoms with Gasteiger partial charge in [0.25, 0.3) is 0 Å². The highest BCUT2D eigenvalue weighted by Crippen LogP contribution is 2.33. The topological polar surface area (TPSA) is 43.8 Å². The van der Waals surface area contributed by atoms with Crippen molar-refractivity contribution >= 4 is 17.2 Å². The van der Waals surface area contributed by atoms with Crippen molar-refractivity contribution in [3.05, 3.63) is 23.0 Å². The number of halogens is 1. The molecular weight excluding hydrogens is 210 g/mol. The second-order valence-electron chi connectivity index (χ2n) is 4.27. The SMILES string of the molecule is CC(C)n1ncc(Cl)c1C1=CC(N)CC1. The van der Waals surface area contributed by atoms with Crippen LogP contribution in [-0.2, 0) is 0 Å². The maximum Gasteiger partial charge on any atom is 0.0862 e. The first-order valence-electron chi connectivity index (χ1n) is 5.29. The molecule has 1 unspecified atom stereocenters. The maximum absolute atomic E-state index is 6.15. The molecule has 0 radical (unpaired) electrons. The summed E-state index contributed by atoms with van der Waals surface area (Å²) in [7, 11) is 0. The first-order valence-corrected chi connectivity index (χ1v) is 5.67. The highest BCUT2D eigenvalue weighted by molar-refractivity contribution is 6.32. The van der Waals surface area contributed by atoms with E-state index in [2.05, 4.69) is 25.0 Å². The molecule has 1 heterocycles. The quantitative estimate of drug-likeness (QED) is 0.841. The van der Waals surface area contributed by atoms with E-state index in [0.717, 1.165) is 23.6 Å². The Labute approximate surface area is 94.9 Å². The molecule has 0 bridgehead atoms. The predicted octanol–water partition coefficient (Wildman–Crippen LogP) is 2.62. The number of hydrogen-bond donors (Lipinski definition) is 1. The van der Waals surface area contributed by atoms with Gasteiger partial charge in [0.1, 0.15) is 0 Å². The van der Waals surface area contributed by atoms with Gasteiger partial charge in [-0.25, -0.2) is 0 Å². The number of nitrogens with two attached hydrogens (primary N) is 1. The zero-order valence-corrected chi connectivity index (χ0v) is 9.83. The number of allylic oxidation sites excluding steroid dienone is 1. The minimum absolute atomic E-state index is 0.173. The van der Waals surface area contributed by atoms with Crippen LogP contribution in [0.5, 0.6) is 0 Å². The van der Waals surface area contributed by atoms with Crippen LogP contribution in [0.15, 0.2) is 12.3 Å². The van der Waals surface area contributed by atoms with Gasteiger partial charge in [-0.3, -0.25) is 4.68 Å². The molecule has 82 valence electrons. The average Bonchev–Trinajstić information content (AvgIpc) is 2.71. The summed E-state index contributed by atoms with van der Waals surface area (Å²) in [5.74, 6) is 0. The summed E-state index contributed by atoms with van der Waals surface area (Å²) in [4.78, 5) is 0. The number of rotatable bonds is 2. The summed E-state index contributed by atoms with van der Waals surface area (Å²) >= 11 is 6.15. The lowest BCUT2D eigenvalue weighted by molar-refractivity contribution is 0.526. The van der Waals surface area contributed by atoms with E-state index >= 15 is 0 Å². The number of nitrogens with zero attached hydrogens (tertiary/aromatic N) is 2. The molecule has 1 aliphatic rings. The fourth-order valence-corrected chi connectivity index (χ4v) is 2.23. The summed E-state index contributed by atoms with van der Waals surface area (Å²) in [5, 5.41) is 5.01. The number of hydrogen-bond acceptors (Lipinski definition) is 2. The normalized spacial score (nSPS) is 21.1. The molecule has 0 saturated heterocycles. The highest BCUT2D eigenvalue weighted by Gasteiger charge is 2.20. The van der Waals surface area contributed by atoms with Gasteiger partial charge in [0.05, 0.1) is 16.9 Å². The summed E-state index contributed by atoms with van der Waals surface area (Å²) in [6.07, 6.45) is 5.82. The fraction of sp³-hybridized carbons (Fsp3) is 0.545. The second kappa shape index (κ2) is 3.99. The van der Waals surface area contributed by atoms with E-state index in [-0.39, 0.29) is 6.04 Å². The molecule has 2 rings (SSSR count). The van der Waals surface area contributed by atoms with E-state index < -0.39 is 0 Å². The standard InChI is InChI=1S/C11H16ClN3/c1-7(2)15-11(10(12)6-14-15)8-3-4-9(13)5-8/h5-7,9H,3-4,13H2,1-2H3. The van der Waals surface area contributed by atoms with E-state index in [9.17, 15) is 0 Å². The van der Waals surface area contributed by atoms with E-state index in [1.54, 1.807) is 6.20 Å². The van der Waals surface area contributed by atoms with Crippen molar-refractivity contribution in [2.75, 3.05) is 0 Å². The zero-order valence-electron chi connectivity index (χ0n) is 9.07. The Kier molecular flexibility index (Phi) is 2.85. The molecule has 0 spiro atoms. The molecule has 2 N–H and O–H groups in total. The van der Waals surface area contributed by atoms with Gasteiger partial charge in [0.2, 0.25) is 0 Å². The van der Waals surface area contributed by atoms with Gasteiger partial charge in [0, 0.05) is 12.1 Å². The number of aromatic nitrogens is 2. The molecule has 3 nitrogen and oxygen atoms in total. The van der Waals surface area contributed by atoms with Gasteiger partial charge in [-0.15, -0.1) is 0 Å². The zero-order chi connectivity index (χ0) is 11.0. The van der Waals surface area contributed by atoms with Gasteiger partial charge >= 0.3 is 0 Å². The van der Waals surface area contributed by atoms with Gasteiger partial charge in [0.15, 0.2) is 0 Å². The Morgan fingerprint density at radius 2 is 2.33 bits per heavy atom. The van der Waals surface area contributed by atoms with Crippen LogP contribution in [0, 0.1) is 0 Å². The van der Waals surface area contributed by atoms with E-state index in [0.29, 0.717) is 6.04 Å². The van der Waals surface area contributed by atoms with E-state index in [1.807, 2.05) is 4.68 Å². The van der Waals surface area contributed by atoms with Crippen molar-refractivity contribution in [1.82, 2.24) is 9.78 Å². The molecule has 1 aromatic heterocycles.